The Morgan fingerprint density at radius 3 is 2.04 bits per heavy atom. The SMILES string of the molecule is COc1ccc(S(=O)(=O)N(CC(=O)N(Cc2ccc(C)cc2)C(Cc2ccccc2)C(=O)NC2CCCC2)c2ccccc2)cc1. The number of carbonyl (C=O) groups excluding carboxylic acids is 2. The summed E-state index contributed by atoms with van der Waals surface area (Å²) in [7, 11) is -2.67. The van der Waals surface area contributed by atoms with Gasteiger partial charge in [0.2, 0.25) is 11.8 Å². The summed E-state index contributed by atoms with van der Waals surface area (Å²) in [5.74, 6) is -0.202. The van der Waals surface area contributed by atoms with Crippen LogP contribution >= 0.6 is 0 Å². The van der Waals surface area contributed by atoms with E-state index in [4.69, 9.17) is 4.74 Å². The largest absolute Gasteiger partial charge is 0.497 e. The fraction of sp³-hybridized carbons (Fsp3) is 0.297. The number of ether oxygens (including phenoxy) is 1. The molecule has 5 rings (SSSR count). The van der Waals surface area contributed by atoms with Crippen LogP contribution in [-0.2, 0) is 32.6 Å². The van der Waals surface area contributed by atoms with Gasteiger partial charge >= 0.3 is 0 Å². The number of aryl methyl sites for hydroxylation is 1. The van der Waals surface area contributed by atoms with Gasteiger partial charge in [0.25, 0.3) is 10.0 Å². The predicted molar refractivity (Wildman–Crippen MR) is 180 cm³/mol. The molecule has 1 fully saturated rings. The van der Waals surface area contributed by atoms with Crippen molar-refractivity contribution in [3.8, 4) is 5.75 Å². The molecule has 1 aliphatic carbocycles. The average molecular weight is 640 g/mol. The van der Waals surface area contributed by atoms with Gasteiger partial charge in [-0.2, -0.15) is 0 Å². The summed E-state index contributed by atoms with van der Waals surface area (Å²) >= 11 is 0. The number of para-hydroxylation sites is 1. The smallest absolute Gasteiger partial charge is 0.264 e. The summed E-state index contributed by atoms with van der Waals surface area (Å²) in [5.41, 5.74) is 3.16. The topological polar surface area (TPSA) is 96.0 Å². The van der Waals surface area contributed by atoms with E-state index < -0.39 is 28.5 Å². The lowest BCUT2D eigenvalue weighted by Gasteiger charge is -2.34. The Morgan fingerprint density at radius 2 is 1.43 bits per heavy atom. The zero-order valence-corrected chi connectivity index (χ0v) is 27.2. The molecule has 0 spiro atoms. The highest BCUT2D eigenvalue weighted by Gasteiger charge is 2.35. The zero-order valence-electron chi connectivity index (χ0n) is 26.3. The van der Waals surface area contributed by atoms with Crippen LogP contribution in [0.1, 0.15) is 42.4 Å². The van der Waals surface area contributed by atoms with Crippen LogP contribution in [0, 0.1) is 6.92 Å². The van der Waals surface area contributed by atoms with Crippen LogP contribution < -0.4 is 14.4 Å². The first-order valence-electron chi connectivity index (χ1n) is 15.7. The third-order valence-corrected chi connectivity index (χ3v) is 10.2. The second kappa shape index (κ2) is 15.1. The summed E-state index contributed by atoms with van der Waals surface area (Å²) in [4.78, 5) is 30.2. The summed E-state index contributed by atoms with van der Waals surface area (Å²) in [6.07, 6.45) is 4.19. The first-order valence-corrected chi connectivity index (χ1v) is 17.1. The Kier molecular flexibility index (Phi) is 10.8. The number of hydrogen-bond acceptors (Lipinski definition) is 5. The maximum Gasteiger partial charge on any atom is 0.264 e. The van der Waals surface area contributed by atoms with Gasteiger partial charge in [0.1, 0.15) is 18.3 Å². The Hall–Kier alpha value is -4.63. The maximum absolute atomic E-state index is 14.6. The Bertz CT molecular complexity index is 1690. The van der Waals surface area contributed by atoms with Crippen LogP contribution in [0.15, 0.2) is 114 Å². The lowest BCUT2D eigenvalue weighted by atomic mass is 10.0. The number of nitrogens with zero attached hydrogens (tertiary/aromatic N) is 2. The third-order valence-electron chi connectivity index (χ3n) is 8.42. The highest BCUT2D eigenvalue weighted by atomic mass is 32.2. The molecule has 4 aromatic carbocycles. The van der Waals surface area contributed by atoms with Gasteiger partial charge in [-0.3, -0.25) is 13.9 Å². The number of carbonyl (C=O) groups is 2. The van der Waals surface area contributed by atoms with E-state index in [-0.39, 0.29) is 29.8 Å². The number of methoxy groups -OCH3 is 1. The molecular formula is C37H41N3O5S. The molecule has 0 heterocycles. The van der Waals surface area contributed by atoms with Crippen molar-refractivity contribution in [2.24, 2.45) is 0 Å². The minimum atomic E-state index is -4.18. The molecule has 8 nitrogen and oxygen atoms in total. The Morgan fingerprint density at radius 1 is 0.826 bits per heavy atom. The number of rotatable bonds is 13. The molecule has 1 aliphatic rings. The van der Waals surface area contributed by atoms with Crippen molar-refractivity contribution in [2.45, 2.75) is 62.6 Å². The number of sulfonamides is 1. The fourth-order valence-corrected chi connectivity index (χ4v) is 7.22. The fourth-order valence-electron chi connectivity index (χ4n) is 5.81. The molecule has 0 saturated heterocycles. The van der Waals surface area contributed by atoms with E-state index in [0.29, 0.717) is 11.4 Å². The van der Waals surface area contributed by atoms with Crippen LogP contribution in [0.3, 0.4) is 0 Å². The van der Waals surface area contributed by atoms with E-state index in [1.165, 1.54) is 19.2 Å². The maximum atomic E-state index is 14.6. The van der Waals surface area contributed by atoms with Crippen LogP contribution in [0.25, 0.3) is 0 Å². The normalized spacial score (nSPS) is 14.0. The number of amides is 2. The first kappa shape index (κ1) is 32.8. The zero-order chi connectivity index (χ0) is 32.5. The molecule has 9 heteroatoms. The summed E-state index contributed by atoms with van der Waals surface area (Å²) in [5, 5.41) is 3.20. The van der Waals surface area contributed by atoms with Crippen molar-refractivity contribution in [1.29, 1.82) is 0 Å². The summed E-state index contributed by atoms with van der Waals surface area (Å²) in [6.45, 7) is 1.63. The van der Waals surface area contributed by atoms with Gasteiger partial charge in [0.05, 0.1) is 17.7 Å². The number of benzene rings is 4. The highest BCUT2D eigenvalue weighted by Crippen LogP contribution is 2.26. The molecule has 0 radical (unpaired) electrons. The summed E-state index contributed by atoms with van der Waals surface area (Å²) < 4.78 is 34.6. The van der Waals surface area contributed by atoms with E-state index in [2.05, 4.69) is 5.32 Å². The molecule has 240 valence electrons. The van der Waals surface area contributed by atoms with Gasteiger partial charge < -0.3 is 15.0 Å². The number of nitrogens with one attached hydrogen (secondary N) is 1. The molecule has 0 aromatic heterocycles. The lowest BCUT2D eigenvalue weighted by molar-refractivity contribution is -0.140. The third kappa shape index (κ3) is 8.14. The predicted octanol–water partition coefficient (Wildman–Crippen LogP) is 5.90. The van der Waals surface area contributed by atoms with Gasteiger partial charge in [-0.05, 0) is 67.3 Å². The molecule has 46 heavy (non-hydrogen) atoms. The van der Waals surface area contributed by atoms with Gasteiger partial charge in [-0.25, -0.2) is 8.42 Å². The molecule has 0 bridgehead atoms. The lowest BCUT2D eigenvalue weighted by Crippen LogP contribution is -2.54. The molecule has 1 atom stereocenters. The molecule has 1 unspecified atom stereocenters. The van der Waals surface area contributed by atoms with Gasteiger partial charge in [0, 0.05) is 19.0 Å². The molecule has 2 amide bonds. The molecule has 4 aromatic rings. The Labute approximate surface area is 272 Å². The second-order valence-corrected chi connectivity index (χ2v) is 13.6. The standard InChI is InChI=1S/C37H41N3O5S/c1-28-17-19-30(20-18-28)26-39(35(25-29-11-5-3-6-12-29)37(42)38-31-13-9-10-14-31)36(41)27-40(32-15-7-4-8-16-32)46(43,44)34-23-21-33(45-2)22-24-34/h3-8,11-12,15-24,31,35H,9-10,13-14,25-27H2,1-2H3,(H,38,42). The van der Waals surface area contributed by atoms with Crippen molar-refractivity contribution in [1.82, 2.24) is 10.2 Å². The highest BCUT2D eigenvalue weighted by molar-refractivity contribution is 7.92. The van der Waals surface area contributed by atoms with Crippen molar-refractivity contribution in [3.05, 3.63) is 126 Å². The van der Waals surface area contributed by atoms with E-state index in [9.17, 15) is 18.0 Å². The van der Waals surface area contributed by atoms with Gasteiger partial charge in [-0.15, -0.1) is 0 Å². The van der Waals surface area contributed by atoms with Crippen molar-refractivity contribution in [2.75, 3.05) is 18.0 Å². The quantitative estimate of drug-likeness (QED) is 0.197. The van der Waals surface area contributed by atoms with Crippen LogP contribution in [0.4, 0.5) is 5.69 Å². The first-order chi connectivity index (χ1) is 22.2. The van der Waals surface area contributed by atoms with Gasteiger partial charge in [-0.1, -0.05) is 91.2 Å². The minimum Gasteiger partial charge on any atom is -0.497 e. The van der Waals surface area contributed by atoms with Crippen molar-refractivity contribution >= 4 is 27.5 Å². The monoisotopic (exact) mass is 639 g/mol. The number of anilines is 1. The molecule has 1 N–H and O–H groups in total. The van der Waals surface area contributed by atoms with Crippen molar-refractivity contribution in [3.63, 3.8) is 0 Å². The molecule has 1 saturated carbocycles. The minimum absolute atomic E-state index is 0.0230. The number of hydrogen-bond donors (Lipinski definition) is 1. The van der Waals surface area contributed by atoms with Crippen LogP contribution in [-0.4, -0.2) is 50.9 Å². The van der Waals surface area contributed by atoms with E-state index in [0.717, 1.165) is 46.7 Å². The van der Waals surface area contributed by atoms with Crippen LogP contribution in [0.5, 0.6) is 5.75 Å². The summed E-state index contributed by atoms with van der Waals surface area (Å²) in [6, 6.07) is 31.2. The van der Waals surface area contributed by atoms with E-state index >= 15 is 0 Å². The Balaban J connectivity index is 1.54. The average Bonchev–Trinajstić information content (AvgIpc) is 3.59. The van der Waals surface area contributed by atoms with Crippen LogP contribution in [0.2, 0.25) is 0 Å². The molecular weight excluding hydrogens is 598 g/mol. The molecule has 0 aliphatic heterocycles. The second-order valence-electron chi connectivity index (χ2n) is 11.7. The van der Waals surface area contributed by atoms with Gasteiger partial charge in [0.15, 0.2) is 0 Å². The van der Waals surface area contributed by atoms with E-state index in [1.54, 1.807) is 47.4 Å². The van der Waals surface area contributed by atoms with E-state index in [1.807, 2.05) is 61.5 Å². The van der Waals surface area contributed by atoms with Crippen molar-refractivity contribution < 1.29 is 22.7 Å².